The van der Waals surface area contributed by atoms with Gasteiger partial charge in [-0.05, 0) is 52.9 Å². The van der Waals surface area contributed by atoms with Crippen LogP contribution in [0.3, 0.4) is 0 Å². The first-order valence-electron chi connectivity index (χ1n) is 20.1. The van der Waals surface area contributed by atoms with Crippen LogP contribution in [-0.2, 0) is 0 Å². The molecular formula is C54H30N4O. The van der Waals surface area contributed by atoms with Crippen molar-refractivity contribution in [2.45, 2.75) is 0 Å². The lowest BCUT2D eigenvalue weighted by atomic mass is 9.98. The maximum atomic E-state index is 6.81. The minimum atomic E-state index is 0.615. The summed E-state index contributed by atoms with van der Waals surface area (Å²) in [5.41, 5.74) is 12.4. The molecule has 5 nitrogen and oxygen atoms in total. The SMILES string of the molecule is c1ccc(-c2cccc(-c3nc(-n4c5cc6oc7ccccc7c6c6c7cccc8c9ccccc9n(c9cccc4c9c65)c87)nc4c3ccc3ccccc34)c2)cc1. The molecule has 14 rings (SSSR count). The van der Waals surface area contributed by atoms with Crippen molar-refractivity contribution in [3.05, 3.63) is 182 Å². The Labute approximate surface area is 335 Å². The van der Waals surface area contributed by atoms with Crippen molar-refractivity contribution in [1.29, 1.82) is 0 Å². The van der Waals surface area contributed by atoms with Crippen molar-refractivity contribution in [2.75, 3.05) is 0 Å². The first-order valence-corrected chi connectivity index (χ1v) is 20.1. The Morgan fingerprint density at radius 3 is 2.00 bits per heavy atom. The number of hydrogen-bond acceptors (Lipinski definition) is 3. The predicted molar refractivity (Wildman–Crippen MR) is 244 cm³/mol. The second-order valence-corrected chi connectivity index (χ2v) is 15.7. The second kappa shape index (κ2) is 11.3. The molecule has 5 aromatic heterocycles. The highest BCUT2D eigenvalue weighted by Crippen LogP contribution is 2.48. The van der Waals surface area contributed by atoms with E-state index in [0.29, 0.717) is 5.95 Å². The lowest BCUT2D eigenvalue weighted by Gasteiger charge is -2.14. The van der Waals surface area contributed by atoms with Crippen LogP contribution in [0.5, 0.6) is 0 Å². The van der Waals surface area contributed by atoms with Gasteiger partial charge in [-0.3, -0.25) is 4.57 Å². The summed E-state index contributed by atoms with van der Waals surface area (Å²) in [5, 5.41) is 12.6. The molecule has 0 saturated carbocycles. The van der Waals surface area contributed by atoms with Gasteiger partial charge in [-0.2, -0.15) is 0 Å². The Balaban J connectivity index is 1.21. The number of fused-ring (bicyclic) bond motifs is 12. The number of nitrogens with zero attached hydrogens (tertiary/aromatic N) is 4. The van der Waals surface area contributed by atoms with Crippen LogP contribution in [0.1, 0.15) is 0 Å². The van der Waals surface area contributed by atoms with Gasteiger partial charge >= 0.3 is 0 Å². The van der Waals surface area contributed by atoms with Crippen molar-refractivity contribution in [3.8, 4) is 28.3 Å². The highest BCUT2D eigenvalue weighted by atomic mass is 16.3. The standard InChI is InChI=1S/C54H30N4O/c1-2-13-31(14-3-1)33-16-10-17-34(29-33)51-40-28-27-32-15-4-5-18-35(32)52(40)56-54(55-51)58-43-25-12-24-42-49(43)50-44(58)30-46-47(38-20-7-9-26-45(38)59-46)48(50)39-22-11-21-37-36-19-6-8-23-41(36)57(42)53(37)39/h1-30H. The van der Waals surface area contributed by atoms with E-state index in [9.17, 15) is 0 Å². The van der Waals surface area contributed by atoms with Crippen LogP contribution in [0, 0.1) is 0 Å². The maximum absolute atomic E-state index is 6.81. The van der Waals surface area contributed by atoms with Crippen molar-refractivity contribution in [3.63, 3.8) is 0 Å². The average molecular weight is 751 g/mol. The Hall–Kier alpha value is -8.02. The van der Waals surface area contributed by atoms with E-state index < -0.39 is 0 Å². The Bertz CT molecular complexity index is 4080. The zero-order valence-electron chi connectivity index (χ0n) is 31.5. The van der Waals surface area contributed by atoms with Crippen molar-refractivity contribution < 1.29 is 4.42 Å². The molecule has 0 bridgehead atoms. The topological polar surface area (TPSA) is 48.3 Å². The van der Waals surface area contributed by atoms with Gasteiger partial charge in [0.15, 0.2) is 0 Å². The molecule has 0 saturated heterocycles. The van der Waals surface area contributed by atoms with Crippen molar-refractivity contribution in [2.24, 2.45) is 0 Å². The molecule has 14 aromatic rings. The van der Waals surface area contributed by atoms with Gasteiger partial charge in [-0.25, -0.2) is 9.97 Å². The maximum Gasteiger partial charge on any atom is 0.235 e. The molecule has 5 heteroatoms. The highest BCUT2D eigenvalue weighted by molar-refractivity contribution is 6.39. The smallest absolute Gasteiger partial charge is 0.235 e. The normalized spacial score (nSPS) is 12.4. The molecule has 0 amide bonds. The van der Waals surface area contributed by atoms with Crippen molar-refractivity contribution in [1.82, 2.24) is 18.9 Å². The first-order chi connectivity index (χ1) is 29.3. The molecule has 0 spiro atoms. The number of rotatable bonds is 3. The van der Waals surface area contributed by atoms with Gasteiger partial charge in [0.2, 0.25) is 5.95 Å². The lowest BCUT2D eigenvalue weighted by molar-refractivity contribution is 0.669. The molecule has 0 atom stereocenters. The molecule has 0 aliphatic heterocycles. The molecule has 0 radical (unpaired) electrons. The third-order valence-electron chi connectivity index (χ3n) is 12.6. The predicted octanol–water partition coefficient (Wildman–Crippen LogP) is 14.3. The average Bonchev–Trinajstić information content (AvgIpc) is 3.93. The summed E-state index contributed by atoms with van der Waals surface area (Å²) < 4.78 is 11.6. The van der Waals surface area contributed by atoms with Crippen LogP contribution in [-0.4, -0.2) is 18.9 Å². The molecule has 59 heavy (non-hydrogen) atoms. The fourth-order valence-electron chi connectivity index (χ4n) is 10.2. The third kappa shape index (κ3) is 4.08. The van der Waals surface area contributed by atoms with Gasteiger partial charge in [0.1, 0.15) is 11.2 Å². The number of furan rings is 1. The molecule has 0 aliphatic carbocycles. The number of hydrogen-bond donors (Lipinski definition) is 0. The zero-order chi connectivity index (χ0) is 38.3. The lowest BCUT2D eigenvalue weighted by Crippen LogP contribution is -2.04. The molecule has 0 aliphatic rings. The highest BCUT2D eigenvalue weighted by Gasteiger charge is 2.27. The number of aromatic nitrogens is 4. The monoisotopic (exact) mass is 750 g/mol. The van der Waals surface area contributed by atoms with E-state index in [1.54, 1.807) is 0 Å². The van der Waals surface area contributed by atoms with Crippen LogP contribution in [0.2, 0.25) is 0 Å². The van der Waals surface area contributed by atoms with E-state index in [-0.39, 0.29) is 0 Å². The van der Waals surface area contributed by atoms with Gasteiger partial charge in [0.05, 0.1) is 38.8 Å². The summed E-state index contributed by atoms with van der Waals surface area (Å²) in [5.74, 6) is 0.615. The number of para-hydroxylation sites is 3. The van der Waals surface area contributed by atoms with Crippen LogP contribution >= 0.6 is 0 Å². The summed E-state index contributed by atoms with van der Waals surface area (Å²) in [7, 11) is 0. The Morgan fingerprint density at radius 2 is 1.07 bits per heavy atom. The summed E-state index contributed by atoms with van der Waals surface area (Å²) >= 11 is 0. The van der Waals surface area contributed by atoms with Gasteiger partial charge in [0.25, 0.3) is 0 Å². The van der Waals surface area contributed by atoms with Crippen LogP contribution in [0.4, 0.5) is 0 Å². The van der Waals surface area contributed by atoms with E-state index in [1.165, 1.54) is 38.0 Å². The van der Waals surface area contributed by atoms with E-state index in [0.717, 1.165) is 87.9 Å². The largest absolute Gasteiger partial charge is 0.456 e. The van der Waals surface area contributed by atoms with E-state index in [2.05, 4.69) is 191 Å². The third-order valence-corrected chi connectivity index (χ3v) is 12.6. The molecule has 0 fully saturated rings. The first kappa shape index (κ1) is 31.1. The van der Waals surface area contributed by atoms with Gasteiger partial charge in [0, 0.05) is 65.5 Å². The minimum Gasteiger partial charge on any atom is -0.456 e. The van der Waals surface area contributed by atoms with Gasteiger partial charge < -0.3 is 8.82 Å². The van der Waals surface area contributed by atoms with Gasteiger partial charge in [-0.1, -0.05) is 140 Å². The van der Waals surface area contributed by atoms with E-state index in [4.69, 9.17) is 14.4 Å². The molecule has 0 unspecified atom stereocenters. The van der Waals surface area contributed by atoms with Crippen LogP contribution < -0.4 is 0 Å². The second-order valence-electron chi connectivity index (χ2n) is 15.7. The fraction of sp³-hybridized carbons (Fsp3) is 0. The van der Waals surface area contributed by atoms with Crippen molar-refractivity contribution >= 4 is 104 Å². The van der Waals surface area contributed by atoms with Crippen LogP contribution in [0.15, 0.2) is 186 Å². The van der Waals surface area contributed by atoms with Crippen LogP contribution in [0.25, 0.3) is 132 Å². The summed E-state index contributed by atoms with van der Waals surface area (Å²) in [6.07, 6.45) is 0. The fourth-order valence-corrected chi connectivity index (χ4v) is 10.2. The van der Waals surface area contributed by atoms with E-state index in [1.807, 2.05) is 0 Å². The molecular weight excluding hydrogens is 721 g/mol. The Morgan fingerprint density at radius 1 is 0.373 bits per heavy atom. The zero-order valence-corrected chi connectivity index (χ0v) is 31.5. The molecule has 9 aromatic carbocycles. The van der Waals surface area contributed by atoms with Gasteiger partial charge in [-0.15, -0.1) is 0 Å². The van der Waals surface area contributed by atoms with E-state index >= 15 is 0 Å². The minimum absolute atomic E-state index is 0.615. The number of benzene rings is 9. The Kier molecular flexibility index (Phi) is 5.96. The molecule has 0 N–H and O–H groups in total. The summed E-state index contributed by atoms with van der Waals surface area (Å²) in [6, 6.07) is 65.1. The summed E-state index contributed by atoms with van der Waals surface area (Å²) in [6.45, 7) is 0. The molecule has 272 valence electrons. The summed E-state index contributed by atoms with van der Waals surface area (Å²) in [4.78, 5) is 11.2. The quantitative estimate of drug-likeness (QED) is 0.169. The molecule has 5 heterocycles.